The van der Waals surface area contributed by atoms with Crippen molar-refractivity contribution in [1.82, 2.24) is 10.0 Å². The molecule has 0 aromatic heterocycles. The molecule has 0 bridgehead atoms. The van der Waals surface area contributed by atoms with Crippen LogP contribution in [0.4, 0.5) is 4.39 Å². The Morgan fingerprint density at radius 1 is 1.19 bits per heavy atom. The van der Waals surface area contributed by atoms with Crippen molar-refractivity contribution in [2.45, 2.75) is 30.3 Å². The van der Waals surface area contributed by atoms with Crippen molar-refractivity contribution in [3.63, 3.8) is 0 Å². The van der Waals surface area contributed by atoms with Gasteiger partial charge in [0.25, 0.3) is 0 Å². The predicted octanol–water partition coefficient (Wildman–Crippen LogP) is 3.36. The minimum atomic E-state index is -3.48. The van der Waals surface area contributed by atoms with Crippen LogP contribution in [0.1, 0.15) is 24.0 Å². The van der Waals surface area contributed by atoms with Crippen LogP contribution in [0.2, 0.25) is 0 Å². The number of benzene rings is 2. The lowest BCUT2D eigenvalue weighted by atomic mass is 10.2. The Morgan fingerprint density at radius 3 is 2.56 bits per heavy atom. The molecule has 1 amide bonds. The lowest BCUT2D eigenvalue weighted by Gasteiger charge is -2.06. The zero-order valence-electron chi connectivity index (χ0n) is 14.3. The topological polar surface area (TPSA) is 75.3 Å². The van der Waals surface area contributed by atoms with E-state index in [2.05, 4.69) is 26.0 Å². The molecule has 2 aromatic carbocycles. The summed E-state index contributed by atoms with van der Waals surface area (Å²) in [6.07, 6.45) is 4.68. The lowest BCUT2D eigenvalue weighted by molar-refractivity contribution is -0.116. The van der Waals surface area contributed by atoms with Gasteiger partial charge in [0.2, 0.25) is 15.9 Å². The van der Waals surface area contributed by atoms with Gasteiger partial charge in [0, 0.05) is 23.1 Å². The summed E-state index contributed by atoms with van der Waals surface area (Å²) in [7, 11) is -3.48. The van der Waals surface area contributed by atoms with Gasteiger partial charge < -0.3 is 5.32 Å². The number of amides is 1. The molecule has 0 unspecified atom stereocenters. The van der Waals surface area contributed by atoms with Gasteiger partial charge in [-0.2, -0.15) is 0 Å². The van der Waals surface area contributed by atoms with Crippen LogP contribution >= 0.6 is 15.9 Å². The molecule has 5 nitrogen and oxygen atoms in total. The molecule has 3 rings (SSSR count). The van der Waals surface area contributed by atoms with Crippen molar-refractivity contribution in [3.8, 4) is 0 Å². The standard InChI is InChI=1S/C19H18BrFN2O3S/c20-18-9-4-15(21)11-14(18)12-22-19(24)10-3-13-1-7-17(8-2-13)27(25,26)23-16-5-6-16/h1-4,7-11,16,23H,5-6,12H2,(H,22,24)/b10-3+. The normalized spacial score (nSPS) is 14.4. The molecular formula is C19H18BrFN2O3S. The summed E-state index contributed by atoms with van der Waals surface area (Å²) in [5.41, 5.74) is 1.33. The maximum absolute atomic E-state index is 13.2. The summed E-state index contributed by atoms with van der Waals surface area (Å²) in [5, 5.41) is 2.67. The monoisotopic (exact) mass is 452 g/mol. The third-order valence-electron chi connectivity index (χ3n) is 3.98. The highest BCUT2D eigenvalue weighted by Crippen LogP contribution is 2.22. The van der Waals surface area contributed by atoms with E-state index >= 15 is 0 Å². The fraction of sp³-hybridized carbons (Fsp3) is 0.211. The van der Waals surface area contributed by atoms with Gasteiger partial charge in [-0.05, 0) is 60.4 Å². The van der Waals surface area contributed by atoms with E-state index in [1.807, 2.05) is 0 Å². The van der Waals surface area contributed by atoms with Crippen LogP contribution in [0.25, 0.3) is 6.08 Å². The summed E-state index contributed by atoms with van der Waals surface area (Å²) in [4.78, 5) is 12.1. The third-order valence-corrected chi connectivity index (χ3v) is 6.29. The first-order chi connectivity index (χ1) is 12.8. The van der Waals surface area contributed by atoms with Gasteiger partial charge in [-0.1, -0.05) is 28.1 Å². The fourth-order valence-electron chi connectivity index (χ4n) is 2.34. The molecule has 27 heavy (non-hydrogen) atoms. The molecule has 0 spiro atoms. The predicted molar refractivity (Wildman–Crippen MR) is 105 cm³/mol. The smallest absolute Gasteiger partial charge is 0.244 e. The summed E-state index contributed by atoms with van der Waals surface area (Å²) in [6.45, 7) is 0.186. The van der Waals surface area contributed by atoms with E-state index in [4.69, 9.17) is 0 Å². The van der Waals surface area contributed by atoms with E-state index in [9.17, 15) is 17.6 Å². The molecular weight excluding hydrogens is 435 g/mol. The van der Waals surface area contributed by atoms with Crippen LogP contribution in [0.5, 0.6) is 0 Å². The first-order valence-corrected chi connectivity index (χ1v) is 10.6. The molecule has 8 heteroatoms. The molecule has 142 valence electrons. The second kappa shape index (κ2) is 8.33. The van der Waals surface area contributed by atoms with E-state index in [0.717, 1.165) is 12.8 Å². The third kappa shape index (κ3) is 5.72. The maximum atomic E-state index is 13.2. The average Bonchev–Trinajstić information content (AvgIpc) is 3.44. The number of halogens is 2. The Kier molecular flexibility index (Phi) is 6.08. The van der Waals surface area contributed by atoms with Crippen LogP contribution in [0.15, 0.2) is 57.9 Å². The zero-order chi connectivity index (χ0) is 19.4. The Balaban J connectivity index is 1.57. The summed E-state index contributed by atoms with van der Waals surface area (Å²) in [6, 6.07) is 10.6. The van der Waals surface area contributed by atoms with Crippen molar-refractivity contribution in [1.29, 1.82) is 0 Å². The van der Waals surface area contributed by atoms with Gasteiger partial charge in [-0.25, -0.2) is 17.5 Å². The van der Waals surface area contributed by atoms with Gasteiger partial charge in [-0.3, -0.25) is 4.79 Å². The summed E-state index contributed by atoms with van der Waals surface area (Å²) in [5.74, 6) is -0.706. The minimum absolute atomic E-state index is 0.0522. The van der Waals surface area contributed by atoms with Gasteiger partial charge in [0.15, 0.2) is 0 Å². The maximum Gasteiger partial charge on any atom is 0.244 e. The van der Waals surface area contributed by atoms with Crippen molar-refractivity contribution in [2.75, 3.05) is 0 Å². The second-order valence-electron chi connectivity index (χ2n) is 6.25. The van der Waals surface area contributed by atoms with Crippen LogP contribution in [-0.2, 0) is 21.4 Å². The molecule has 2 N–H and O–H groups in total. The van der Waals surface area contributed by atoms with E-state index in [1.165, 1.54) is 30.3 Å². The quantitative estimate of drug-likeness (QED) is 0.632. The number of nitrogens with one attached hydrogen (secondary N) is 2. The molecule has 1 aliphatic rings. The average molecular weight is 453 g/mol. The fourth-order valence-corrected chi connectivity index (χ4v) is 4.03. The van der Waals surface area contributed by atoms with Crippen LogP contribution in [0, 0.1) is 5.82 Å². The van der Waals surface area contributed by atoms with E-state index < -0.39 is 10.0 Å². The number of hydrogen-bond donors (Lipinski definition) is 2. The molecule has 1 aliphatic carbocycles. The molecule has 0 radical (unpaired) electrons. The van der Waals surface area contributed by atoms with Crippen LogP contribution in [-0.4, -0.2) is 20.4 Å². The van der Waals surface area contributed by atoms with Crippen molar-refractivity contribution in [3.05, 3.63) is 70.0 Å². The van der Waals surface area contributed by atoms with Gasteiger partial charge >= 0.3 is 0 Å². The highest BCUT2D eigenvalue weighted by molar-refractivity contribution is 9.10. The minimum Gasteiger partial charge on any atom is -0.348 e. The number of hydrogen-bond acceptors (Lipinski definition) is 3. The summed E-state index contributed by atoms with van der Waals surface area (Å²) >= 11 is 3.31. The van der Waals surface area contributed by atoms with Gasteiger partial charge in [-0.15, -0.1) is 0 Å². The lowest BCUT2D eigenvalue weighted by Crippen LogP contribution is -2.25. The highest BCUT2D eigenvalue weighted by Gasteiger charge is 2.27. The Bertz CT molecular complexity index is 971. The van der Waals surface area contributed by atoms with Crippen LogP contribution < -0.4 is 10.0 Å². The first-order valence-electron chi connectivity index (χ1n) is 8.36. The molecule has 2 aromatic rings. The van der Waals surface area contributed by atoms with E-state index in [1.54, 1.807) is 24.3 Å². The highest BCUT2D eigenvalue weighted by atomic mass is 79.9. The van der Waals surface area contributed by atoms with E-state index in [0.29, 0.717) is 15.6 Å². The molecule has 1 saturated carbocycles. The Morgan fingerprint density at radius 2 is 1.89 bits per heavy atom. The SMILES string of the molecule is O=C(/C=C/c1ccc(S(=O)(=O)NC2CC2)cc1)NCc1cc(F)ccc1Br. The number of carbonyl (C=O) groups excluding carboxylic acids is 1. The molecule has 0 heterocycles. The molecule has 1 fully saturated rings. The van der Waals surface area contributed by atoms with E-state index in [-0.39, 0.29) is 29.2 Å². The van der Waals surface area contributed by atoms with Crippen LogP contribution in [0.3, 0.4) is 0 Å². The Labute approximate surface area is 165 Å². The molecule has 0 atom stereocenters. The number of sulfonamides is 1. The second-order valence-corrected chi connectivity index (χ2v) is 8.82. The largest absolute Gasteiger partial charge is 0.348 e. The number of carbonyl (C=O) groups is 1. The first kappa shape index (κ1) is 19.7. The molecule has 0 aliphatic heterocycles. The summed E-state index contributed by atoms with van der Waals surface area (Å²) < 4.78 is 40.8. The zero-order valence-corrected chi connectivity index (χ0v) is 16.7. The van der Waals surface area contributed by atoms with Crippen molar-refractivity contribution < 1.29 is 17.6 Å². The number of rotatable bonds is 7. The molecule has 0 saturated heterocycles. The Hall–Kier alpha value is -2.03. The van der Waals surface area contributed by atoms with Crippen molar-refractivity contribution >= 4 is 37.9 Å². The van der Waals surface area contributed by atoms with Gasteiger partial charge in [0.1, 0.15) is 5.82 Å². The van der Waals surface area contributed by atoms with Crippen molar-refractivity contribution in [2.24, 2.45) is 0 Å². The van der Waals surface area contributed by atoms with Gasteiger partial charge in [0.05, 0.1) is 4.90 Å².